The Morgan fingerprint density at radius 3 is 2.84 bits per heavy atom. The van der Waals surface area contributed by atoms with Crippen molar-refractivity contribution < 1.29 is 0 Å². The number of halogens is 1. The van der Waals surface area contributed by atoms with E-state index < -0.39 is 0 Å². The number of anilines is 1. The second-order valence-corrected chi connectivity index (χ2v) is 7.66. The van der Waals surface area contributed by atoms with E-state index in [1.54, 1.807) is 0 Å². The van der Waals surface area contributed by atoms with Crippen molar-refractivity contribution in [2.24, 2.45) is 5.92 Å². The monoisotopic (exact) mass is 352 g/mol. The van der Waals surface area contributed by atoms with Gasteiger partial charge in [0.05, 0.1) is 0 Å². The number of allylic oxidation sites excluding steroid dienone is 1. The summed E-state index contributed by atoms with van der Waals surface area (Å²) in [4.78, 5) is 2.44. The molecule has 1 aliphatic carbocycles. The average Bonchev–Trinajstić information content (AvgIpc) is 3.23. The van der Waals surface area contributed by atoms with Gasteiger partial charge in [0, 0.05) is 40.8 Å². The highest BCUT2D eigenvalue weighted by atomic mass is 35.5. The first kappa shape index (κ1) is 15.4. The third kappa shape index (κ3) is 2.64. The molecule has 5 rings (SSSR count). The predicted molar refractivity (Wildman–Crippen MR) is 102 cm³/mol. The minimum atomic E-state index is 0.618. The van der Waals surface area contributed by atoms with Crippen LogP contribution < -0.4 is 10.2 Å². The van der Waals surface area contributed by atoms with Crippen LogP contribution in [-0.4, -0.2) is 35.9 Å². The molecule has 0 spiro atoms. The van der Waals surface area contributed by atoms with Crippen molar-refractivity contribution in [2.75, 3.05) is 24.5 Å². The van der Waals surface area contributed by atoms with E-state index in [1.807, 2.05) is 24.3 Å². The summed E-state index contributed by atoms with van der Waals surface area (Å²) in [5, 5.41) is 13.7. The number of nitrogens with one attached hydrogen (secondary N) is 1. The molecule has 2 aliphatic heterocycles. The van der Waals surface area contributed by atoms with E-state index in [0.717, 1.165) is 60.5 Å². The van der Waals surface area contributed by atoms with E-state index in [9.17, 15) is 0 Å². The van der Waals surface area contributed by atoms with Crippen molar-refractivity contribution in [3.63, 3.8) is 0 Å². The molecule has 25 heavy (non-hydrogen) atoms. The second-order valence-electron chi connectivity index (χ2n) is 7.23. The summed E-state index contributed by atoms with van der Waals surface area (Å²) in [6.07, 6.45) is 7.85. The Bertz CT molecular complexity index is 818. The predicted octanol–water partition coefficient (Wildman–Crippen LogP) is 3.55. The first-order chi connectivity index (χ1) is 12.3. The van der Waals surface area contributed by atoms with Crippen LogP contribution in [0.25, 0.3) is 17.3 Å². The molecule has 0 bridgehead atoms. The van der Waals surface area contributed by atoms with Gasteiger partial charge in [-0.2, -0.15) is 0 Å². The van der Waals surface area contributed by atoms with Crippen LogP contribution in [0.2, 0.25) is 5.02 Å². The van der Waals surface area contributed by atoms with Gasteiger partial charge in [-0.1, -0.05) is 35.9 Å². The van der Waals surface area contributed by atoms with Crippen LogP contribution >= 0.6 is 11.6 Å². The first-order valence-electron chi connectivity index (χ1n) is 9.10. The fraction of sp³-hybridized carbons (Fsp3) is 0.400. The van der Waals surface area contributed by atoms with E-state index in [2.05, 4.69) is 32.6 Å². The standard InChI is InChI=1S/C20H21ClN4/c21-15-7-5-13(6-8-15)19-16-3-1-2-4-17(16)20(24-23-19)25-11-14-9-10-22-18(14)12-25/h1,3,5-8,14,18,22H,2,4,9-12H2. The maximum atomic E-state index is 6.04. The zero-order chi connectivity index (χ0) is 16.8. The highest BCUT2D eigenvalue weighted by Crippen LogP contribution is 2.36. The van der Waals surface area contributed by atoms with Gasteiger partial charge in [0.2, 0.25) is 0 Å². The van der Waals surface area contributed by atoms with Gasteiger partial charge in [0.15, 0.2) is 5.82 Å². The maximum absolute atomic E-state index is 6.04. The van der Waals surface area contributed by atoms with Crippen molar-refractivity contribution in [3.8, 4) is 11.3 Å². The molecular weight excluding hydrogens is 332 g/mol. The molecule has 0 saturated carbocycles. The molecule has 2 atom stereocenters. The third-order valence-electron chi connectivity index (χ3n) is 5.72. The van der Waals surface area contributed by atoms with Crippen LogP contribution in [0.15, 0.2) is 30.3 Å². The number of hydrogen-bond acceptors (Lipinski definition) is 4. The molecule has 2 saturated heterocycles. The number of nitrogens with zero attached hydrogens (tertiary/aromatic N) is 3. The van der Waals surface area contributed by atoms with Crippen molar-refractivity contribution in [1.82, 2.24) is 15.5 Å². The Balaban J connectivity index is 1.56. The number of hydrogen-bond donors (Lipinski definition) is 1. The Kier molecular flexibility index (Phi) is 3.75. The van der Waals surface area contributed by atoms with Gasteiger partial charge < -0.3 is 10.2 Å². The van der Waals surface area contributed by atoms with Gasteiger partial charge in [-0.15, -0.1) is 10.2 Å². The summed E-state index contributed by atoms with van der Waals surface area (Å²) < 4.78 is 0. The number of benzene rings is 1. The van der Waals surface area contributed by atoms with Crippen molar-refractivity contribution in [2.45, 2.75) is 25.3 Å². The molecule has 2 fully saturated rings. The summed E-state index contributed by atoms with van der Waals surface area (Å²) in [6.45, 7) is 3.31. The zero-order valence-corrected chi connectivity index (χ0v) is 14.8. The maximum Gasteiger partial charge on any atom is 0.155 e. The van der Waals surface area contributed by atoms with Gasteiger partial charge in [0.1, 0.15) is 5.69 Å². The van der Waals surface area contributed by atoms with Gasteiger partial charge >= 0.3 is 0 Å². The minimum Gasteiger partial charge on any atom is -0.353 e. The van der Waals surface area contributed by atoms with Crippen LogP contribution in [0.3, 0.4) is 0 Å². The molecule has 5 heteroatoms. The molecule has 1 aromatic carbocycles. The van der Waals surface area contributed by atoms with E-state index in [4.69, 9.17) is 11.6 Å². The molecule has 2 unspecified atom stereocenters. The summed E-state index contributed by atoms with van der Waals surface area (Å²) in [5.74, 6) is 1.85. The highest BCUT2D eigenvalue weighted by molar-refractivity contribution is 6.30. The third-order valence-corrected chi connectivity index (χ3v) is 5.97. The van der Waals surface area contributed by atoms with Crippen molar-refractivity contribution in [1.29, 1.82) is 0 Å². The van der Waals surface area contributed by atoms with E-state index in [0.29, 0.717) is 6.04 Å². The fourth-order valence-corrected chi connectivity index (χ4v) is 4.55. The Labute approximate surface area is 152 Å². The van der Waals surface area contributed by atoms with Crippen molar-refractivity contribution in [3.05, 3.63) is 46.5 Å². The van der Waals surface area contributed by atoms with Crippen LogP contribution in [-0.2, 0) is 6.42 Å². The largest absolute Gasteiger partial charge is 0.353 e. The first-order valence-corrected chi connectivity index (χ1v) is 9.48. The lowest BCUT2D eigenvalue weighted by Crippen LogP contribution is -2.31. The van der Waals surface area contributed by atoms with Crippen molar-refractivity contribution >= 4 is 23.5 Å². The fourth-order valence-electron chi connectivity index (χ4n) is 4.43. The number of fused-ring (bicyclic) bond motifs is 2. The van der Waals surface area contributed by atoms with Crippen LogP contribution in [0.1, 0.15) is 24.0 Å². The smallest absolute Gasteiger partial charge is 0.155 e. The Morgan fingerprint density at radius 2 is 2.00 bits per heavy atom. The number of rotatable bonds is 2. The van der Waals surface area contributed by atoms with Gasteiger partial charge in [0.25, 0.3) is 0 Å². The van der Waals surface area contributed by atoms with Crippen LogP contribution in [0.4, 0.5) is 5.82 Å². The SMILES string of the molecule is Clc1ccc(-c2nnc(N3CC4CCNC4C3)c3c2C=CCC3)cc1. The Morgan fingerprint density at radius 1 is 1.12 bits per heavy atom. The van der Waals surface area contributed by atoms with Gasteiger partial charge in [-0.3, -0.25) is 0 Å². The van der Waals surface area contributed by atoms with Gasteiger partial charge in [-0.25, -0.2) is 0 Å². The molecule has 0 radical (unpaired) electrons. The molecule has 1 N–H and O–H groups in total. The summed E-state index contributed by atoms with van der Waals surface area (Å²) in [7, 11) is 0. The summed E-state index contributed by atoms with van der Waals surface area (Å²) in [5.41, 5.74) is 4.61. The lowest BCUT2D eigenvalue weighted by molar-refractivity contribution is 0.556. The molecule has 4 nitrogen and oxygen atoms in total. The zero-order valence-electron chi connectivity index (χ0n) is 14.1. The minimum absolute atomic E-state index is 0.618. The molecular formula is C20H21ClN4. The lowest BCUT2D eigenvalue weighted by Gasteiger charge is -2.24. The molecule has 128 valence electrons. The summed E-state index contributed by atoms with van der Waals surface area (Å²) >= 11 is 6.04. The Hall–Kier alpha value is -1.91. The summed E-state index contributed by atoms with van der Waals surface area (Å²) in [6, 6.07) is 8.50. The second kappa shape index (κ2) is 6.11. The van der Waals surface area contributed by atoms with Gasteiger partial charge in [-0.05, 0) is 43.9 Å². The number of aromatic nitrogens is 2. The van der Waals surface area contributed by atoms with E-state index in [1.165, 1.54) is 17.5 Å². The lowest BCUT2D eigenvalue weighted by atomic mass is 9.94. The molecule has 2 aromatic rings. The van der Waals surface area contributed by atoms with E-state index in [-0.39, 0.29) is 0 Å². The van der Waals surface area contributed by atoms with Crippen LogP contribution in [0, 0.1) is 5.92 Å². The molecule has 1 aromatic heterocycles. The molecule has 3 aliphatic rings. The molecule has 3 heterocycles. The highest BCUT2D eigenvalue weighted by Gasteiger charge is 2.37. The molecule has 0 amide bonds. The normalized spacial score (nSPS) is 24.4. The average molecular weight is 353 g/mol. The van der Waals surface area contributed by atoms with E-state index >= 15 is 0 Å². The quantitative estimate of drug-likeness (QED) is 0.897. The van der Waals surface area contributed by atoms with Crippen LogP contribution in [0.5, 0.6) is 0 Å². The topological polar surface area (TPSA) is 41.1 Å².